The van der Waals surface area contributed by atoms with Crippen LogP contribution in [-0.2, 0) is 9.57 Å². The Labute approximate surface area is 166 Å². The molecule has 0 aliphatic carbocycles. The van der Waals surface area contributed by atoms with E-state index in [0.29, 0.717) is 25.9 Å². The van der Waals surface area contributed by atoms with E-state index >= 15 is 0 Å². The monoisotopic (exact) mass is 393 g/mol. The number of urea groups is 1. The van der Waals surface area contributed by atoms with E-state index in [-0.39, 0.29) is 18.7 Å². The molecule has 8 heteroatoms. The highest BCUT2D eigenvalue weighted by Crippen LogP contribution is 2.28. The Balaban J connectivity index is 2.13. The van der Waals surface area contributed by atoms with Gasteiger partial charge in [0.2, 0.25) is 0 Å². The summed E-state index contributed by atoms with van der Waals surface area (Å²) < 4.78 is 5.43. The maximum atomic E-state index is 12.7. The van der Waals surface area contributed by atoms with E-state index in [1.807, 2.05) is 51.1 Å². The number of piperidine rings is 1. The highest BCUT2D eigenvalue weighted by atomic mass is 16.6. The van der Waals surface area contributed by atoms with Crippen molar-refractivity contribution < 1.29 is 24.3 Å². The number of aliphatic hydroxyl groups excluding tert-OH is 1. The second kappa shape index (κ2) is 9.75. The molecule has 0 saturated carbocycles. The first kappa shape index (κ1) is 22.0. The lowest BCUT2D eigenvalue weighted by Gasteiger charge is -2.41. The maximum absolute atomic E-state index is 12.7. The summed E-state index contributed by atoms with van der Waals surface area (Å²) >= 11 is 0. The third-order valence-electron chi connectivity index (χ3n) is 4.63. The van der Waals surface area contributed by atoms with Gasteiger partial charge in [-0.05, 0) is 39.2 Å². The van der Waals surface area contributed by atoms with Crippen LogP contribution >= 0.6 is 0 Å². The van der Waals surface area contributed by atoms with Crippen molar-refractivity contribution >= 4 is 12.1 Å². The number of benzene rings is 1. The van der Waals surface area contributed by atoms with Gasteiger partial charge in [0.25, 0.3) is 0 Å². The van der Waals surface area contributed by atoms with Gasteiger partial charge < -0.3 is 19.6 Å². The molecule has 1 atom stereocenters. The summed E-state index contributed by atoms with van der Waals surface area (Å²) in [6.45, 7) is 6.24. The van der Waals surface area contributed by atoms with Gasteiger partial charge in [-0.25, -0.2) is 15.1 Å². The van der Waals surface area contributed by atoms with Crippen molar-refractivity contribution in [2.75, 3.05) is 26.8 Å². The molecular formula is C20H31N3O5. The zero-order chi connectivity index (χ0) is 20.7. The molecule has 0 bridgehead atoms. The number of carbonyl (C=O) groups excluding carboxylic acids is 2. The third-order valence-corrected chi connectivity index (χ3v) is 4.63. The summed E-state index contributed by atoms with van der Waals surface area (Å²) in [6.07, 6.45) is 0.819. The van der Waals surface area contributed by atoms with Crippen LogP contribution in [0, 0.1) is 0 Å². The molecule has 2 N–H and O–H groups in total. The second-order valence-electron chi connectivity index (χ2n) is 7.83. The molecule has 1 saturated heterocycles. The molecule has 3 amide bonds. The van der Waals surface area contributed by atoms with Gasteiger partial charge in [-0.15, -0.1) is 0 Å². The fraction of sp³-hybridized carbons (Fsp3) is 0.600. The zero-order valence-electron chi connectivity index (χ0n) is 17.1. The molecule has 1 aromatic rings. The fourth-order valence-corrected chi connectivity index (χ4v) is 3.38. The lowest BCUT2D eigenvalue weighted by atomic mass is 9.98. The molecule has 1 aromatic carbocycles. The number of rotatable bonds is 5. The van der Waals surface area contributed by atoms with E-state index in [2.05, 4.69) is 5.48 Å². The highest BCUT2D eigenvalue weighted by molar-refractivity contribution is 5.74. The van der Waals surface area contributed by atoms with Crippen LogP contribution in [0.15, 0.2) is 30.3 Å². The van der Waals surface area contributed by atoms with E-state index in [4.69, 9.17) is 9.57 Å². The van der Waals surface area contributed by atoms with Gasteiger partial charge in [-0.1, -0.05) is 30.3 Å². The molecular weight excluding hydrogens is 362 g/mol. The predicted octanol–water partition coefficient (Wildman–Crippen LogP) is 2.69. The Morgan fingerprint density at radius 2 is 1.86 bits per heavy atom. The molecule has 0 unspecified atom stereocenters. The SMILES string of the molecule is CONC(=O)N(C1CCN(C(=O)OC(C)(C)C)CC1)[C@@H](CO)c1ccccc1. The van der Waals surface area contributed by atoms with E-state index in [1.54, 1.807) is 9.80 Å². The molecule has 8 nitrogen and oxygen atoms in total. The molecule has 0 radical (unpaired) electrons. The molecule has 156 valence electrons. The van der Waals surface area contributed by atoms with Crippen LogP contribution < -0.4 is 5.48 Å². The Bertz CT molecular complexity index is 639. The van der Waals surface area contributed by atoms with Gasteiger partial charge in [0.1, 0.15) is 5.60 Å². The van der Waals surface area contributed by atoms with Crippen LogP contribution in [-0.4, -0.2) is 65.5 Å². The first-order valence-corrected chi connectivity index (χ1v) is 9.52. The number of nitrogens with one attached hydrogen (secondary N) is 1. The van der Waals surface area contributed by atoms with Gasteiger partial charge in [0.05, 0.1) is 19.8 Å². The van der Waals surface area contributed by atoms with Crippen molar-refractivity contribution in [3.05, 3.63) is 35.9 Å². The minimum absolute atomic E-state index is 0.147. The minimum Gasteiger partial charge on any atom is -0.444 e. The number of hydrogen-bond acceptors (Lipinski definition) is 5. The van der Waals surface area contributed by atoms with Crippen molar-refractivity contribution in [2.24, 2.45) is 0 Å². The highest BCUT2D eigenvalue weighted by Gasteiger charge is 2.35. The summed E-state index contributed by atoms with van der Waals surface area (Å²) in [5.74, 6) is 0. The van der Waals surface area contributed by atoms with Crippen LogP contribution in [0.25, 0.3) is 0 Å². The average Bonchev–Trinajstić information content (AvgIpc) is 2.65. The summed E-state index contributed by atoms with van der Waals surface area (Å²) in [5.41, 5.74) is 2.65. The molecule has 1 aliphatic rings. The quantitative estimate of drug-likeness (QED) is 0.751. The van der Waals surface area contributed by atoms with Crippen LogP contribution in [0.1, 0.15) is 45.2 Å². The zero-order valence-corrected chi connectivity index (χ0v) is 17.1. The topological polar surface area (TPSA) is 91.3 Å². The van der Waals surface area contributed by atoms with Crippen LogP contribution in [0.2, 0.25) is 0 Å². The number of amides is 3. The third kappa shape index (κ3) is 5.84. The van der Waals surface area contributed by atoms with E-state index in [0.717, 1.165) is 5.56 Å². The Kier molecular flexibility index (Phi) is 7.65. The summed E-state index contributed by atoms with van der Waals surface area (Å²) in [6, 6.07) is 8.32. The Morgan fingerprint density at radius 3 is 2.36 bits per heavy atom. The van der Waals surface area contributed by atoms with Crippen molar-refractivity contribution in [1.29, 1.82) is 0 Å². The number of likely N-dealkylation sites (tertiary alicyclic amines) is 1. The first-order valence-electron chi connectivity index (χ1n) is 9.52. The molecule has 1 heterocycles. The van der Waals surface area contributed by atoms with Crippen LogP contribution in [0.5, 0.6) is 0 Å². The molecule has 1 fully saturated rings. The van der Waals surface area contributed by atoms with Crippen molar-refractivity contribution in [3.8, 4) is 0 Å². The smallest absolute Gasteiger partial charge is 0.410 e. The number of hydrogen-bond donors (Lipinski definition) is 2. The molecule has 0 aromatic heterocycles. The normalized spacial score (nSPS) is 16.4. The summed E-state index contributed by atoms with van der Waals surface area (Å²) in [7, 11) is 1.37. The summed E-state index contributed by atoms with van der Waals surface area (Å²) in [4.78, 5) is 33.1. The van der Waals surface area contributed by atoms with E-state index < -0.39 is 17.7 Å². The Hall–Kier alpha value is -2.32. The summed E-state index contributed by atoms with van der Waals surface area (Å²) in [5, 5.41) is 10.0. The van der Waals surface area contributed by atoms with E-state index in [1.165, 1.54) is 7.11 Å². The van der Waals surface area contributed by atoms with Crippen molar-refractivity contribution in [2.45, 2.75) is 51.3 Å². The first-order chi connectivity index (χ1) is 13.3. The van der Waals surface area contributed by atoms with E-state index in [9.17, 15) is 14.7 Å². The van der Waals surface area contributed by atoms with Crippen LogP contribution in [0.3, 0.4) is 0 Å². The molecule has 1 aliphatic heterocycles. The lowest BCUT2D eigenvalue weighted by Crippen LogP contribution is -2.53. The Morgan fingerprint density at radius 1 is 1.25 bits per heavy atom. The number of aliphatic hydroxyl groups is 1. The van der Waals surface area contributed by atoms with Gasteiger partial charge in [0.15, 0.2) is 0 Å². The standard InChI is InChI=1S/C20H31N3O5/c1-20(2,3)28-19(26)22-12-10-16(11-13-22)23(18(25)21-27-4)17(14-24)15-8-6-5-7-9-15/h5-9,16-17,24H,10-14H2,1-4H3,(H,21,25)/t17-/m0/s1. The fourth-order valence-electron chi connectivity index (χ4n) is 3.38. The molecule has 0 spiro atoms. The van der Waals surface area contributed by atoms with Crippen molar-refractivity contribution in [3.63, 3.8) is 0 Å². The van der Waals surface area contributed by atoms with Crippen LogP contribution in [0.4, 0.5) is 9.59 Å². The maximum Gasteiger partial charge on any atom is 0.410 e. The van der Waals surface area contributed by atoms with Gasteiger partial charge in [0, 0.05) is 19.1 Å². The number of carbonyl (C=O) groups is 2. The lowest BCUT2D eigenvalue weighted by molar-refractivity contribution is 0.00813. The van der Waals surface area contributed by atoms with Crippen molar-refractivity contribution in [1.82, 2.24) is 15.3 Å². The second-order valence-corrected chi connectivity index (χ2v) is 7.83. The largest absolute Gasteiger partial charge is 0.444 e. The number of nitrogens with zero attached hydrogens (tertiary/aromatic N) is 2. The van der Waals surface area contributed by atoms with Gasteiger partial charge in [-0.3, -0.25) is 4.84 Å². The number of ether oxygens (including phenoxy) is 1. The average molecular weight is 393 g/mol. The van der Waals surface area contributed by atoms with Gasteiger partial charge >= 0.3 is 12.1 Å². The predicted molar refractivity (Wildman–Crippen MR) is 104 cm³/mol. The molecule has 28 heavy (non-hydrogen) atoms. The molecule has 2 rings (SSSR count). The number of hydroxylamine groups is 1. The minimum atomic E-state index is -0.548. The van der Waals surface area contributed by atoms with Gasteiger partial charge in [-0.2, -0.15) is 0 Å².